The van der Waals surface area contributed by atoms with Gasteiger partial charge in [0.1, 0.15) is 17.5 Å². The topological polar surface area (TPSA) is 0 Å². The van der Waals surface area contributed by atoms with E-state index in [-0.39, 0.29) is 35.0 Å². The summed E-state index contributed by atoms with van der Waals surface area (Å²) in [5.41, 5.74) is 1.43. The summed E-state index contributed by atoms with van der Waals surface area (Å²) < 4.78 is 84.4. The van der Waals surface area contributed by atoms with Crippen LogP contribution in [0.3, 0.4) is 0 Å². The second-order valence-electron chi connectivity index (χ2n) is 8.36. The molecular weight excluding hydrogens is 474 g/mol. The van der Waals surface area contributed by atoms with Gasteiger partial charge in [0.15, 0.2) is 17.5 Å². The SMILES string of the molecule is C=CCCc1ccc(CCc2cc(F)c(C#Cc3ccc4c(F)c(F)c(F)cc4c3)c(F)c2)c(F)c1. The van der Waals surface area contributed by atoms with Gasteiger partial charge in [-0.15, -0.1) is 6.58 Å². The third-order valence-corrected chi connectivity index (χ3v) is 5.84. The minimum atomic E-state index is -1.58. The first-order valence-corrected chi connectivity index (χ1v) is 11.2. The van der Waals surface area contributed by atoms with Crippen molar-refractivity contribution in [3.05, 3.63) is 130 Å². The maximum absolute atomic E-state index is 14.6. The fraction of sp³-hybridized carbons (Fsp3) is 0.133. The van der Waals surface area contributed by atoms with Crippen molar-refractivity contribution in [3.8, 4) is 11.8 Å². The summed E-state index contributed by atoms with van der Waals surface area (Å²) in [4.78, 5) is 0. The molecule has 0 saturated heterocycles. The Kier molecular flexibility index (Phi) is 7.49. The lowest BCUT2D eigenvalue weighted by molar-refractivity contribution is 0.453. The van der Waals surface area contributed by atoms with Gasteiger partial charge in [-0.05, 0) is 84.2 Å². The zero-order valence-corrected chi connectivity index (χ0v) is 19.1. The Labute approximate surface area is 204 Å². The van der Waals surface area contributed by atoms with Crippen LogP contribution in [-0.2, 0) is 19.3 Å². The molecule has 0 spiro atoms. The lowest BCUT2D eigenvalue weighted by atomic mass is 10.00. The normalized spacial score (nSPS) is 10.8. The molecular formula is C30H20F6. The number of rotatable bonds is 6. The summed E-state index contributed by atoms with van der Waals surface area (Å²) in [5, 5.41) is -0.0699. The maximum atomic E-state index is 14.6. The molecule has 0 heterocycles. The molecule has 0 amide bonds. The Balaban J connectivity index is 1.52. The number of fused-ring (bicyclic) bond motifs is 1. The van der Waals surface area contributed by atoms with E-state index in [4.69, 9.17) is 0 Å². The van der Waals surface area contributed by atoms with E-state index < -0.39 is 34.6 Å². The van der Waals surface area contributed by atoms with Crippen molar-refractivity contribution < 1.29 is 26.3 Å². The minimum Gasteiger partial charge on any atom is -0.207 e. The van der Waals surface area contributed by atoms with Crippen LogP contribution < -0.4 is 0 Å². The van der Waals surface area contributed by atoms with E-state index in [0.717, 1.165) is 30.2 Å². The van der Waals surface area contributed by atoms with E-state index >= 15 is 0 Å². The summed E-state index contributed by atoms with van der Waals surface area (Å²) in [6, 6.07) is 12.0. The standard InChI is InChI=1S/C30H20F6/c1-2-3-4-18-5-9-21(25(31)14-18)10-6-20-15-26(32)24(27(33)16-20)12-8-19-7-11-23-22(13-19)17-28(34)30(36)29(23)35/h2,5,7,9,11,13-17H,1,3-4,6,10H2. The van der Waals surface area contributed by atoms with Crippen LogP contribution in [0.25, 0.3) is 10.8 Å². The molecule has 0 aromatic heterocycles. The number of halogens is 6. The maximum Gasteiger partial charge on any atom is 0.195 e. The van der Waals surface area contributed by atoms with E-state index in [1.54, 1.807) is 12.1 Å². The zero-order valence-electron chi connectivity index (χ0n) is 19.1. The molecule has 36 heavy (non-hydrogen) atoms. The molecule has 0 saturated carbocycles. The second-order valence-corrected chi connectivity index (χ2v) is 8.36. The van der Waals surface area contributed by atoms with Crippen molar-refractivity contribution >= 4 is 10.8 Å². The number of aryl methyl sites for hydroxylation is 3. The molecule has 4 rings (SSSR count). The number of hydrogen-bond donors (Lipinski definition) is 0. The third kappa shape index (κ3) is 5.46. The van der Waals surface area contributed by atoms with Gasteiger partial charge in [0, 0.05) is 10.9 Å². The molecule has 0 fully saturated rings. The third-order valence-electron chi connectivity index (χ3n) is 5.84. The largest absolute Gasteiger partial charge is 0.207 e. The van der Waals surface area contributed by atoms with E-state index in [1.165, 1.54) is 24.3 Å². The lowest BCUT2D eigenvalue weighted by Gasteiger charge is -2.08. The van der Waals surface area contributed by atoms with Gasteiger partial charge in [-0.3, -0.25) is 0 Å². The fourth-order valence-electron chi connectivity index (χ4n) is 3.90. The zero-order chi connectivity index (χ0) is 25.8. The minimum absolute atomic E-state index is 0.0652. The molecule has 0 radical (unpaired) electrons. The number of benzene rings is 4. The van der Waals surface area contributed by atoms with Gasteiger partial charge in [0.25, 0.3) is 0 Å². The average molecular weight is 494 g/mol. The highest BCUT2D eigenvalue weighted by atomic mass is 19.2. The van der Waals surface area contributed by atoms with Crippen molar-refractivity contribution in [2.45, 2.75) is 25.7 Å². The van der Waals surface area contributed by atoms with Gasteiger partial charge >= 0.3 is 0 Å². The Hall–Kier alpha value is -3.98. The molecule has 0 atom stereocenters. The first-order chi connectivity index (χ1) is 17.3. The van der Waals surface area contributed by atoms with Crippen LogP contribution in [0.5, 0.6) is 0 Å². The van der Waals surface area contributed by atoms with Gasteiger partial charge in [-0.25, -0.2) is 26.3 Å². The quantitative estimate of drug-likeness (QED) is 0.110. The van der Waals surface area contributed by atoms with Crippen LogP contribution in [0.15, 0.2) is 67.3 Å². The first-order valence-electron chi connectivity index (χ1n) is 11.2. The molecule has 6 heteroatoms. The lowest BCUT2D eigenvalue weighted by Crippen LogP contribution is -1.99. The van der Waals surface area contributed by atoms with Crippen LogP contribution in [-0.4, -0.2) is 0 Å². The molecule has 0 aliphatic heterocycles. The average Bonchev–Trinajstić information content (AvgIpc) is 2.85. The van der Waals surface area contributed by atoms with Crippen molar-refractivity contribution in [2.75, 3.05) is 0 Å². The summed E-state index contributed by atoms with van der Waals surface area (Å²) in [6.45, 7) is 3.65. The van der Waals surface area contributed by atoms with Crippen LogP contribution in [0.1, 0.15) is 34.2 Å². The van der Waals surface area contributed by atoms with Gasteiger partial charge in [-0.2, -0.15) is 0 Å². The van der Waals surface area contributed by atoms with Crippen molar-refractivity contribution in [1.82, 2.24) is 0 Å². The second kappa shape index (κ2) is 10.7. The molecule has 0 unspecified atom stereocenters. The fourth-order valence-corrected chi connectivity index (χ4v) is 3.90. The van der Waals surface area contributed by atoms with Crippen LogP contribution >= 0.6 is 0 Å². The molecule has 0 bridgehead atoms. The summed E-state index contributed by atoms with van der Waals surface area (Å²) in [5.74, 6) is -1.38. The molecule has 0 aliphatic rings. The summed E-state index contributed by atoms with van der Waals surface area (Å²) in [6.07, 6.45) is 3.68. The molecule has 4 aromatic rings. The van der Waals surface area contributed by atoms with E-state index in [9.17, 15) is 26.3 Å². The molecule has 0 N–H and O–H groups in total. The molecule has 0 aliphatic carbocycles. The summed E-state index contributed by atoms with van der Waals surface area (Å²) in [7, 11) is 0. The van der Waals surface area contributed by atoms with Crippen molar-refractivity contribution in [3.63, 3.8) is 0 Å². The molecule has 182 valence electrons. The Bertz CT molecular complexity index is 1500. The van der Waals surface area contributed by atoms with Gasteiger partial charge in [0.2, 0.25) is 0 Å². The van der Waals surface area contributed by atoms with Gasteiger partial charge in [0.05, 0.1) is 5.56 Å². The number of hydrogen-bond acceptors (Lipinski definition) is 0. The van der Waals surface area contributed by atoms with Crippen LogP contribution in [0.4, 0.5) is 26.3 Å². The van der Waals surface area contributed by atoms with Crippen molar-refractivity contribution in [2.24, 2.45) is 0 Å². The summed E-state index contributed by atoms with van der Waals surface area (Å²) >= 11 is 0. The predicted octanol–water partition coefficient (Wildman–Crippen LogP) is 7.98. The Morgan fingerprint density at radius 3 is 2.06 bits per heavy atom. The highest BCUT2D eigenvalue weighted by Gasteiger charge is 2.14. The van der Waals surface area contributed by atoms with Crippen LogP contribution in [0.2, 0.25) is 0 Å². The Morgan fingerprint density at radius 2 is 1.36 bits per heavy atom. The molecule has 4 aromatic carbocycles. The van der Waals surface area contributed by atoms with E-state index in [0.29, 0.717) is 17.5 Å². The first kappa shape index (κ1) is 25.1. The highest BCUT2D eigenvalue weighted by molar-refractivity contribution is 5.84. The molecule has 0 nitrogen and oxygen atoms in total. The van der Waals surface area contributed by atoms with Crippen molar-refractivity contribution in [1.29, 1.82) is 0 Å². The number of allylic oxidation sites excluding steroid dienone is 1. The van der Waals surface area contributed by atoms with Gasteiger partial charge < -0.3 is 0 Å². The smallest absolute Gasteiger partial charge is 0.195 e. The monoisotopic (exact) mass is 494 g/mol. The Morgan fingerprint density at radius 1 is 0.639 bits per heavy atom. The predicted molar refractivity (Wildman–Crippen MR) is 128 cm³/mol. The van der Waals surface area contributed by atoms with E-state index in [2.05, 4.69) is 18.4 Å². The van der Waals surface area contributed by atoms with E-state index in [1.807, 2.05) is 6.07 Å². The van der Waals surface area contributed by atoms with Crippen LogP contribution in [0, 0.1) is 46.7 Å². The van der Waals surface area contributed by atoms with Gasteiger partial charge in [-0.1, -0.05) is 36.1 Å². The highest BCUT2D eigenvalue weighted by Crippen LogP contribution is 2.24.